The smallest absolute Gasteiger partial charge is 0.308 e. The highest BCUT2D eigenvalue weighted by Crippen LogP contribution is 2.35. The SMILES string of the molecule is CC(CN(C)C(=O)C1CCCc2sccc21)C(=O)O. The molecule has 1 aliphatic rings. The summed E-state index contributed by atoms with van der Waals surface area (Å²) < 4.78 is 0. The summed E-state index contributed by atoms with van der Waals surface area (Å²) in [7, 11) is 1.70. The van der Waals surface area contributed by atoms with E-state index in [1.165, 1.54) is 4.88 Å². The molecule has 1 aromatic rings. The van der Waals surface area contributed by atoms with Crippen molar-refractivity contribution in [2.24, 2.45) is 5.92 Å². The molecule has 0 spiro atoms. The lowest BCUT2D eigenvalue weighted by Crippen LogP contribution is -2.37. The first-order valence-electron chi connectivity index (χ1n) is 6.54. The van der Waals surface area contributed by atoms with Crippen LogP contribution in [-0.4, -0.2) is 35.5 Å². The Balaban J connectivity index is 2.07. The Kier molecular flexibility index (Phi) is 4.24. The Morgan fingerprint density at radius 2 is 2.32 bits per heavy atom. The number of thiophene rings is 1. The van der Waals surface area contributed by atoms with Crippen LogP contribution in [0.2, 0.25) is 0 Å². The van der Waals surface area contributed by atoms with E-state index >= 15 is 0 Å². The Morgan fingerprint density at radius 1 is 1.58 bits per heavy atom. The van der Waals surface area contributed by atoms with Gasteiger partial charge in [-0.05, 0) is 36.3 Å². The third-order valence-corrected chi connectivity index (χ3v) is 4.69. The van der Waals surface area contributed by atoms with Gasteiger partial charge in [0.2, 0.25) is 5.91 Å². The van der Waals surface area contributed by atoms with Gasteiger partial charge in [-0.15, -0.1) is 11.3 Å². The number of fused-ring (bicyclic) bond motifs is 1. The number of rotatable bonds is 4. The molecule has 4 nitrogen and oxygen atoms in total. The zero-order valence-corrected chi connectivity index (χ0v) is 12.1. The van der Waals surface area contributed by atoms with Gasteiger partial charge in [0.25, 0.3) is 0 Å². The molecular weight excluding hydrogens is 262 g/mol. The molecule has 0 saturated carbocycles. The third kappa shape index (κ3) is 2.97. The summed E-state index contributed by atoms with van der Waals surface area (Å²) in [5.74, 6) is -1.42. The molecule has 1 heterocycles. The summed E-state index contributed by atoms with van der Waals surface area (Å²) in [6.45, 7) is 1.90. The van der Waals surface area contributed by atoms with E-state index in [-0.39, 0.29) is 18.4 Å². The standard InChI is InChI=1S/C14H19NO3S/c1-9(14(17)18)8-15(2)13(16)11-4-3-5-12-10(11)6-7-19-12/h6-7,9,11H,3-5,8H2,1-2H3,(H,17,18). The minimum absolute atomic E-state index is 0.0486. The second-order valence-corrected chi connectivity index (χ2v) is 6.20. The summed E-state index contributed by atoms with van der Waals surface area (Å²) in [5.41, 5.74) is 1.15. The fourth-order valence-corrected chi connectivity index (χ4v) is 3.58. The molecule has 0 aliphatic heterocycles. The Bertz CT molecular complexity index is 483. The number of carbonyl (C=O) groups excluding carboxylic acids is 1. The number of amides is 1. The molecule has 104 valence electrons. The van der Waals surface area contributed by atoms with Crippen molar-refractivity contribution >= 4 is 23.2 Å². The number of aryl methyl sites for hydroxylation is 1. The van der Waals surface area contributed by atoms with Gasteiger partial charge in [0.1, 0.15) is 0 Å². The van der Waals surface area contributed by atoms with Gasteiger partial charge in [0.05, 0.1) is 11.8 Å². The minimum Gasteiger partial charge on any atom is -0.481 e. The predicted octanol–water partition coefficient (Wildman–Crippen LogP) is 2.35. The van der Waals surface area contributed by atoms with E-state index in [0.29, 0.717) is 0 Å². The first kappa shape index (κ1) is 14.1. The maximum Gasteiger partial charge on any atom is 0.308 e. The van der Waals surface area contributed by atoms with E-state index in [4.69, 9.17) is 5.11 Å². The number of hydrogen-bond donors (Lipinski definition) is 1. The molecule has 1 aliphatic carbocycles. The predicted molar refractivity (Wildman–Crippen MR) is 74.4 cm³/mol. The molecule has 2 rings (SSSR count). The van der Waals surface area contributed by atoms with E-state index < -0.39 is 11.9 Å². The minimum atomic E-state index is -0.862. The molecule has 0 fully saturated rings. The van der Waals surface area contributed by atoms with Crippen molar-refractivity contribution in [1.82, 2.24) is 4.90 Å². The summed E-state index contributed by atoms with van der Waals surface area (Å²) >= 11 is 1.71. The lowest BCUT2D eigenvalue weighted by molar-refractivity contribution is -0.143. The molecule has 0 saturated heterocycles. The van der Waals surface area contributed by atoms with Crippen LogP contribution in [0.25, 0.3) is 0 Å². The van der Waals surface area contributed by atoms with Crippen molar-refractivity contribution in [2.45, 2.75) is 32.1 Å². The molecule has 0 bridgehead atoms. The lowest BCUT2D eigenvalue weighted by atomic mass is 9.86. The van der Waals surface area contributed by atoms with Gasteiger partial charge in [0, 0.05) is 18.5 Å². The zero-order valence-electron chi connectivity index (χ0n) is 11.3. The van der Waals surface area contributed by atoms with Crippen molar-refractivity contribution in [3.8, 4) is 0 Å². The molecule has 2 unspecified atom stereocenters. The highest BCUT2D eigenvalue weighted by Gasteiger charge is 2.30. The van der Waals surface area contributed by atoms with Crippen molar-refractivity contribution in [1.29, 1.82) is 0 Å². The van der Waals surface area contributed by atoms with Crippen LogP contribution in [0.3, 0.4) is 0 Å². The van der Waals surface area contributed by atoms with Gasteiger partial charge >= 0.3 is 5.97 Å². The number of carboxylic acids is 1. The zero-order chi connectivity index (χ0) is 14.0. The number of carbonyl (C=O) groups is 2. The molecule has 1 N–H and O–H groups in total. The van der Waals surface area contributed by atoms with Crippen molar-refractivity contribution in [3.05, 3.63) is 21.9 Å². The molecule has 5 heteroatoms. The summed E-state index contributed by atoms with van der Waals surface area (Å²) in [6.07, 6.45) is 2.96. The second kappa shape index (κ2) is 5.74. The molecule has 19 heavy (non-hydrogen) atoms. The van der Waals surface area contributed by atoms with Crippen LogP contribution in [0.1, 0.15) is 36.1 Å². The third-order valence-electron chi connectivity index (χ3n) is 3.70. The van der Waals surface area contributed by atoms with E-state index in [9.17, 15) is 9.59 Å². The van der Waals surface area contributed by atoms with E-state index in [1.54, 1.807) is 30.2 Å². The Morgan fingerprint density at radius 3 is 3.00 bits per heavy atom. The number of carboxylic acid groups (broad SMARTS) is 1. The van der Waals surface area contributed by atoms with Crippen LogP contribution in [0.15, 0.2) is 11.4 Å². The maximum atomic E-state index is 12.5. The van der Waals surface area contributed by atoms with Gasteiger partial charge in [-0.1, -0.05) is 6.92 Å². The monoisotopic (exact) mass is 281 g/mol. The highest BCUT2D eigenvalue weighted by atomic mass is 32.1. The maximum absolute atomic E-state index is 12.5. The van der Waals surface area contributed by atoms with Crippen molar-refractivity contribution in [2.75, 3.05) is 13.6 Å². The van der Waals surface area contributed by atoms with Gasteiger partial charge in [-0.25, -0.2) is 0 Å². The molecule has 1 amide bonds. The first-order chi connectivity index (χ1) is 9.00. The fraction of sp³-hybridized carbons (Fsp3) is 0.571. The summed E-state index contributed by atoms with van der Waals surface area (Å²) in [4.78, 5) is 26.2. The molecule has 0 aromatic carbocycles. The number of nitrogens with zero attached hydrogens (tertiary/aromatic N) is 1. The van der Waals surface area contributed by atoms with Crippen LogP contribution < -0.4 is 0 Å². The molecule has 0 radical (unpaired) electrons. The lowest BCUT2D eigenvalue weighted by Gasteiger charge is -2.27. The van der Waals surface area contributed by atoms with E-state index in [1.807, 2.05) is 11.4 Å². The number of aliphatic carboxylic acids is 1. The largest absolute Gasteiger partial charge is 0.481 e. The molecule has 1 aromatic heterocycles. The van der Waals surface area contributed by atoms with Gasteiger partial charge in [-0.2, -0.15) is 0 Å². The van der Waals surface area contributed by atoms with Crippen LogP contribution in [-0.2, 0) is 16.0 Å². The average Bonchev–Trinajstić information content (AvgIpc) is 2.85. The van der Waals surface area contributed by atoms with Crippen molar-refractivity contribution in [3.63, 3.8) is 0 Å². The van der Waals surface area contributed by atoms with Crippen LogP contribution in [0, 0.1) is 5.92 Å². The Labute approximate surface area is 117 Å². The molecular formula is C14H19NO3S. The number of likely N-dealkylation sites (N-methyl/N-ethyl adjacent to an activating group) is 1. The summed E-state index contributed by atoms with van der Waals surface area (Å²) in [6, 6.07) is 2.04. The van der Waals surface area contributed by atoms with Crippen molar-refractivity contribution < 1.29 is 14.7 Å². The first-order valence-corrected chi connectivity index (χ1v) is 7.42. The van der Waals surface area contributed by atoms with Gasteiger partial charge in [-0.3, -0.25) is 9.59 Å². The fourth-order valence-electron chi connectivity index (χ4n) is 2.59. The summed E-state index contributed by atoms with van der Waals surface area (Å²) in [5, 5.41) is 10.9. The quantitative estimate of drug-likeness (QED) is 0.921. The van der Waals surface area contributed by atoms with E-state index in [2.05, 4.69) is 0 Å². The van der Waals surface area contributed by atoms with Crippen LogP contribution >= 0.6 is 11.3 Å². The van der Waals surface area contributed by atoms with E-state index in [0.717, 1.165) is 24.8 Å². The number of hydrogen-bond acceptors (Lipinski definition) is 3. The van der Waals surface area contributed by atoms with Crippen LogP contribution in [0.4, 0.5) is 0 Å². The molecule has 2 atom stereocenters. The van der Waals surface area contributed by atoms with Gasteiger partial charge in [0.15, 0.2) is 0 Å². The van der Waals surface area contributed by atoms with Crippen LogP contribution in [0.5, 0.6) is 0 Å². The Hall–Kier alpha value is -1.36. The average molecular weight is 281 g/mol. The van der Waals surface area contributed by atoms with Gasteiger partial charge < -0.3 is 10.0 Å². The normalized spacial score (nSPS) is 19.6. The highest BCUT2D eigenvalue weighted by molar-refractivity contribution is 7.10. The second-order valence-electron chi connectivity index (χ2n) is 5.20. The topological polar surface area (TPSA) is 57.6 Å².